The van der Waals surface area contributed by atoms with E-state index in [1.54, 1.807) is 30.3 Å². The van der Waals surface area contributed by atoms with Crippen LogP contribution in [0.25, 0.3) is 0 Å². The SMILES string of the molecule is COc1cc2c(cc1OC(F)F)C(c1ccc(C#N)cc1)=NC1CCC(OC(C)=O)CC21. The molecule has 1 saturated carbocycles. The lowest BCUT2D eigenvalue weighted by molar-refractivity contribution is -0.148. The van der Waals surface area contributed by atoms with Gasteiger partial charge in [-0.3, -0.25) is 9.79 Å². The van der Waals surface area contributed by atoms with E-state index in [1.807, 2.05) is 0 Å². The Morgan fingerprint density at radius 1 is 1.19 bits per heavy atom. The van der Waals surface area contributed by atoms with Crippen molar-refractivity contribution in [3.63, 3.8) is 0 Å². The van der Waals surface area contributed by atoms with E-state index in [2.05, 4.69) is 6.07 Å². The Hall–Kier alpha value is -3.47. The molecular weight excluding hydrogens is 418 g/mol. The summed E-state index contributed by atoms with van der Waals surface area (Å²) in [5, 5.41) is 9.10. The van der Waals surface area contributed by atoms with Gasteiger partial charge in [0.1, 0.15) is 6.10 Å². The number of aliphatic imine (C=N–C) groups is 1. The van der Waals surface area contributed by atoms with Crippen LogP contribution in [0.3, 0.4) is 0 Å². The molecule has 1 fully saturated rings. The smallest absolute Gasteiger partial charge is 0.387 e. The summed E-state index contributed by atoms with van der Waals surface area (Å²) in [6.45, 7) is -1.62. The third-order valence-corrected chi connectivity index (χ3v) is 5.89. The number of esters is 1. The second-order valence-corrected chi connectivity index (χ2v) is 7.85. The second kappa shape index (κ2) is 8.95. The van der Waals surface area contributed by atoms with Crippen molar-refractivity contribution < 1.29 is 27.8 Å². The normalized spacial score (nSPS) is 21.6. The molecule has 6 nitrogen and oxygen atoms in total. The topological polar surface area (TPSA) is 80.9 Å². The predicted molar refractivity (Wildman–Crippen MR) is 112 cm³/mol. The summed E-state index contributed by atoms with van der Waals surface area (Å²) in [6, 6.07) is 12.3. The molecule has 3 atom stereocenters. The fraction of sp³-hybridized carbons (Fsp3) is 0.375. The number of alkyl halides is 2. The number of methoxy groups -OCH3 is 1. The van der Waals surface area contributed by atoms with Crippen molar-refractivity contribution in [2.45, 2.75) is 50.9 Å². The lowest BCUT2D eigenvalue weighted by Crippen LogP contribution is -2.36. The molecule has 0 amide bonds. The van der Waals surface area contributed by atoms with Gasteiger partial charge in [0.15, 0.2) is 11.5 Å². The molecule has 1 aliphatic carbocycles. The molecule has 8 heteroatoms. The number of hydrogen-bond donors (Lipinski definition) is 0. The number of ether oxygens (including phenoxy) is 3. The van der Waals surface area contributed by atoms with Crippen molar-refractivity contribution in [2.24, 2.45) is 4.99 Å². The summed E-state index contributed by atoms with van der Waals surface area (Å²) in [7, 11) is 1.40. The molecule has 0 saturated heterocycles. The Morgan fingerprint density at radius 3 is 2.56 bits per heavy atom. The molecule has 1 aliphatic heterocycles. The van der Waals surface area contributed by atoms with Gasteiger partial charge in [-0.05, 0) is 49.1 Å². The predicted octanol–water partition coefficient (Wildman–Crippen LogP) is 4.59. The van der Waals surface area contributed by atoms with Gasteiger partial charge in [0.05, 0.1) is 30.5 Å². The number of nitriles is 1. The first kappa shape index (κ1) is 21.8. The maximum atomic E-state index is 13.0. The highest BCUT2D eigenvalue weighted by molar-refractivity contribution is 6.15. The number of benzene rings is 2. The van der Waals surface area contributed by atoms with Crippen LogP contribution in [-0.2, 0) is 9.53 Å². The summed E-state index contributed by atoms with van der Waals surface area (Å²) in [4.78, 5) is 16.4. The third kappa shape index (κ3) is 4.28. The van der Waals surface area contributed by atoms with Gasteiger partial charge in [0, 0.05) is 24.0 Å². The van der Waals surface area contributed by atoms with Crippen LogP contribution in [-0.4, -0.2) is 37.5 Å². The first-order valence-electron chi connectivity index (χ1n) is 10.3. The van der Waals surface area contributed by atoms with E-state index in [0.29, 0.717) is 29.7 Å². The van der Waals surface area contributed by atoms with Crippen molar-refractivity contribution >= 4 is 11.7 Å². The van der Waals surface area contributed by atoms with E-state index in [0.717, 1.165) is 17.5 Å². The van der Waals surface area contributed by atoms with Crippen LogP contribution in [0, 0.1) is 11.3 Å². The van der Waals surface area contributed by atoms with Crippen LogP contribution in [0.4, 0.5) is 8.78 Å². The molecule has 0 radical (unpaired) electrons. The highest BCUT2D eigenvalue weighted by Crippen LogP contribution is 2.45. The van der Waals surface area contributed by atoms with Gasteiger partial charge < -0.3 is 14.2 Å². The minimum Gasteiger partial charge on any atom is -0.493 e. The maximum absolute atomic E-state index is 13.0. The molecule has 2 aromatic carbocycles. The zero-order valence-corrected chi connectivity index (χ0v) is 17.7. The molecule has 1 heterocycles. The highest BCUT2D eigenvalue weighted by Gasteiger charge is 2.38. The van der Waals surface area contributed by atoms with E-state index in [1.165, 1.54) is 20.1 Å². The van der Waals surface area contributed by atoms with Crippen LogP contribution in [0.15, 0.2) is 41.4 Å². The van der Waals surface area contributed by atoms with Gasteiger partial charge in [-0.15, -0.1) is 0 Å². The van der Waals surface area contributed by atoms with Crippen LogP contribution < -0.4 is 9.47 Å². The average molecular weight is 440 g/mol. The minimum absolute atomic E-state index is 0.0495. The number of hydrogen-bond acceptors (Lipinski definition) is 6. The summed E-state index contributed by atoms with van der Waals surface area (Å²) < 4.78 is 41.5. The summed E-state index contributed by atoms with van der Waals surface area (Å²) in [5.41, 5.74) is 3.49. The fourth-order valence-corrected chi connectivity index (χ4v) is 4.55. The highest BCUT2D eigenvalue weighted by atomic mass is 19.3. The van der Waals surface area contributed by atoms with Crippen LogP contribution in [0.2, 0.25) is 0 Å². The third-order valence-electron chi connectivity index (χ3n) is 5.89. The number of halogens is 2. The minimum atomic E-state index is -3.00. The van der Waals surface area contributed by atoms with Gasteiger partial charge in [0.2, 0.25) is 0 Å². The molecule has 0 aromatic heterocycles. The van der Waals surface area contributed by atoms with Crippen molar-refractivity contribution in [2.75, 3.05) is 7.11 Å². The maximum Gasteiger partial charge on any atom is 0.387 e. The summed E-state index contributed by atoms with van der Waals surface area (Å²) in [5.74, 6) is -0.254. The molecule has 2 aliphatic rings. The summed E-state index contributed by atoms with van der Waals surface area (Å²) in [6.07, 6.45) is 1.78. The fourth-order valence-electron chi connectivity index (χ4n) is 4.55. The quantitative estimate of drug-likeness (QED) is 0.636. The Labute approximate surface area is 184 Å². The Balaban J connectivity index is 1.82. The van der Waals surface area contributed by atoms with E-state index in [-0.39, 0.29) is 35.5 Å². The Kier molecular flexibility index (Phi) is 6.08. The zero-order chi connectivity index (χ0) is 22.8. The molecule has 2 aromatic rings. The van der Waals surface area contributed by atoms with Crippen molar-refractivity contribution in [1.29, 1.82) is 5.26 Å². The molecule has 0 bridgehead atoms. The Bertz CT molecular complexity index is 1090. The van der Waals surface area contributed by atoms with E-state index < -0.39 is 6.61 Å². The Morgan fingerprint density at radius 2 is 1.94 bits per heavy atom. The van der Waals surface area contributed by atoms with E-state index in [4.69, 9.17) is 24.5 Å². The molecule has 32 heavy (non-hydrogen) atoms. The second-order valence-electron chi connectivity index (χ2n) is 7.85. The molecule has 4 rings (SSSR count). The number of rotatable bonds is 5. The van der Waals surface area contributed by atoms with E-state index in [9.17, 15) is 13.6 Å². The van der Waals surface area contributed by atoms with Gasteiger partial charge in [-0.2, -0.15) is 14.0 Å². The number of carbonyl (C=O) groups excluding carboxylic acids is 1. The largest absolute Gasteiger partial charge is 0.493 e. The van der Waals surface area contributed by atoms with Crippen molar-refractivity contribution in [1.82, 2.24) is 0 Å². The van der Waals surface area contributed by atoms with Gasteiger partial charge in [0.25, 0.3) is 0 Å². The van der Waals surface area contributed by atoms with Crippen LogP contribution >= 0.6 is 0 Å². The number of fused-ring (bicyclic) bond motifs is 3. The van der Waals surface area contributed by atoms with Crippen molar-refractivity contribution in [3.05, 3.63) is 58.7 Å². The molecule has 0 spiro atoms. The monoisotopic (exact) mass is 440 g/mol. The molecular formula is C24H22F2N2O4. The molecule has 166 valence electrons. The van der Waals surface area contributed by atoms with Gasteiger partial charge >= 0.3 is 12.6 Å². The number of nitrogens with zero attached hydrogens (tertiary/aromatic N) is 2. The first-order chi connectivity index (χ1) is 15.4. The van der Waals surface area contributed by atoms with Crippen LogP contribution in [0.5, 0.6) is 11.5 Å². The number of carbonyl (C=O) groups is 1. The van der Waals surface area contributed by atoms with E-state index >= 15 is 0 Å². The molecule has 3 unspecified atom stereocenters. The average Bonchev–Trinajstić information content (AvgIpc) is 2.77. The van der Waals surface area contributed by atoms with Gasteiger partial charge in [-0.1, -0.05) is 12.1 Å². The standard InChI is InChI=1S/C24H22F2N2O4/c1-13(29)31-16-7-8-20-18(9-16)17-10-21(30-2)22(32-24(25)26)11-19(17)23(28-20)15-5-3-14(12-27)4-6-15/h3-6,10-11,16,18,20,24H,7-9H2,1-2H3. The first-order valence-corrected chi connectivity index (χ1v) is 10.3. The van der Waals surface area contributed by atoms with Gasteiger partial charge in [-0.25, -0.2) is 0 Å². The summed E-state index contributed by atoms with van der Waals surface area (Å²) >= 11 is 0. The van der Waals surface area contributed by atoms with Crippen LogP contribution in [0.1, 0.15) is 54.4 Å². The lowest BCUT2D eigenvalue weighted by Gasteiger charge is -2.38. The molecule has 0 N–H and O–H groups in total. The zero-order valence-electron chi connectivity index (χ0n) is 17.7. The van der Waals surface area contributed by atoms with Crippen molar-refractivity contribution in [3.8, 4) is 17.6 Å². The lowest BCUT2D eigenvalue weighted by atomic mass is 9.74.